The van der Waals surface area contributed by atoms with Gasteiger partial charge in [0.1, 0.15) is 12.4 Å². The van der Waals surface area contributed by atoms with Gasteiger partial charge in [-0.05, 0) is 55.8 Å². The maximum atomic E-state index is 6.14. The molecule has 5 heteroatoms. The molecule has 2 aromatic carbocycles. The Kier molecular flexibility index (Phi) is 7.53. The van der Waals surface area contributed by atoms with Crippen molar-refractivity contribution >= 4 is 11.6 Å². The van der Waals surface area contributed by atoms with E-state index >= 15 is 0 Å². The quantitative estimate of drug-likeness (QED) is 0.694. The van der Waals surface area contributed by atoms with Crippen LogP contribution in [0.15, 0.2) is 48.5 Å². The van der Waals surface area contributed by atoms with E-state index in [-0.39, 0.29) is 6.10 Å². The van der Waals surface area contributed by atoms with Gasteiger partial charge in [-0.2, -0.15) is 0 Å². The number of hydrogen-bond acceptors (Lipinski definition) is 4. The Morgan fingerprint density at radius 2 is 2.07 bits per heavy atom. The van der Waals surface area contributed by atoms with E-state index in [1.807, 2.05) is 25.2 Å². The Hall–Kier alpha value is -1.59. The molecule has 1 aliphatic heterocycles. The van der Waals surface area contributed by atoms with Crippen LogP contribution >= 0.6 is 11.6 Å². The Labute approximate surface area is 167 Å². The summed E-state index contributed by atoms with van der Waals surface area (Å²) in [7, 11) is 1.93. The van der Waals surface area contributed by atoms with Crippen LogP contribution in [0.4, 0.5) is 0 Å². The number of nitrogens with one attached hydrogen (secondary N) is 1. The van der Waals surface area contributed by atoms with Crippen molar-refractivity contribution in [1.82, 2.24) is 10.2 Å². The van der Waals surface area contributed by atoms with E-state index in [1.54, 1.807) is 0 Å². The fourth-order valence-electron chi connectivity index (χ4n) is 3.44. The molecule has 1 fully saturated rings. The lowest BCUT2D eigenvalue weighted by molar-refractivity contribution is -0.0424. The first-order valence-corrected chi connectivity index (χ1v) is 10.0. The number of morpholine rings is 1. The Morgan fingerprint density at radius 3 is 2.81 bits per heavy atom. The molecule has 146 valence electrons. The Morgan fingerprint density at radius 1 is 1.26 bits per heavy atom. The summed E-state index contributed by atoms with van der Waals surface area (Å²) >= 11 is 6.14. The van der Waals surface area contributed by atoms with Gasteiger partial charge in [-0.15, -0.1) is 0 Å². The third-order valence-corrected chi connectivity index (χ3v) is 5.25. The number of ether oxygens (including phenoxy) is 2. The minimum absolute atomic E-state index is 0.0860. The first-order chi connectivity index (χ1) is 13.2. The molecule has 1 heterocycles. The summed E-state index contributed by atoms with van der Waals surface area (Å²) in [6, 6.07) is 16.9. The molecular formula is C22H29ClN2O2. The average Bonchev–Trinajstić information content (AvgIpc) is 2.69. The number of nitrogens with zero attached hydrogens (tertiary/aromatic N) is 1. The average molecular weight is 389 g/mol. The summed E-state index contributed by atoms with van der Waals surface area (Å²) in [4.78, 5) is 2.51. The SMILES string of the molecule is CNCCOc1ccc(CC(C)N2CCOC(c3cccc(Cl)c3)C2)cc1. The molecular weight excluding hydrogens is 360 g/mol. The second-order valence-corrected chi connectivity index (χ2v) is 7.49. The minimum Gasteiger partial charge on any atom is -0.492 e. The molecule has 0 aliphatic carbocycles. The smallest absolute Gasteiger partial charge is 0.119 e. The van der Waals surface area contributed by atoms with Crippen molar-refractivity contribution in [3.63, 3.8) is 0 Å². The normalized spacial score (nSPS) is 19.0. The topological polar surface area (TPSA) is 33.7 Å². The van der Waals surface area contributed by atoms with Crippen LogP contribution in [0.25, 0.3) is 0 Å². The van der Waals surface area contributed by atoms with Crippen molar-refractivity contribution in [2.24, 2.45) is 0 Å². The maximum absolute atomic E-state index is 6.14. The van der Waals surface area contributed by atoms with Crippen LogP contribution in [0.1, 0.15) is 24.2 Å². The zero-order valence-corrected chi connectivity index (χ0v) is 16.9. The second kappa shape index (κ2) is 10.1. The highest BCUT2D eigenvalue weighted by Crippen LogP contribution is 2.26. The first kappa shape index (κ1) is 20.2. The lowest BCUT2D eigenvalue weighted by Gasteiger charge is -2.37. The predicted octanol–water partition coefficient (Wildman–Crippen LogP) is 3.94. The number of halogens is 1. The van der Waals surface area contributed by atoms with Gasteiger partial charge in [-0.1, -0.05) is 35.9 Å². The molecule has 1 saturated heterocycles. The van der Waals surface area contributed by atoms with Gasteiger partial charge >= 0.3 is 0 Å². The highest BCUT2D eigenvalue weighted by Gasteiger charge is 2.25. The zero-order chi connectivity index (χ0) is 19.1. The highest BCUT2D eigenvalue weighted by molar-refractivity contribution is 6.30. The summed E-state index contributed by atoms with van der Waals surface area (Å²) in [5.74, 6) is 0.925. The minimum atomic E-state index is 0.0860. The summed E-state index contributed by atoms with van der Waals surface area (Å²) < 4.78 is 11.7. The van der Waals surface area contributed by atoms with Gasteiger partial charge in [0.05, 0.1) is 12.7 Å². The Balaban J connectivity index is 1.55. The van der Waals surface area contributed by atoms with Gasteiger partial charge < -0.3 is 14.8 Å². The van der Waals surface area contributed by atoms with E-state index in [9.17, 15) is 0 Å². The van der Waals surface area contributed by atoms with Crippen LogP contribution in [0, 0.1) is 0 Å². The zero-order valence-electron chi connectivity index (χ0n) is 16.2. The van der Waals surface area contributed by atoms with Crippen molar-refractivity contribution in [3.05, 3.63) is 64.7 Å². The molecule has 4 nitrogen and oxygen atoms in total. The van der Waals surface area contributed by atoms with E-state index < -0.39 is 0 Å². The summed E-state index contributed by atoms with van der Waals surface area (Å²) in [5, 5.41) is 3.84. The molecule has 1 N–H and O–H groups in total. The molecule has 0 bridgehead atoms. The molecule has 0 aromatic heterocycles. The van der Waals surface area contributed by atoms with Crippen molar-refractivity contribution in [3.8, 4) is 5.75 Å². The van der Waals surface area contributed by atoms with Gasteiger partial charge in [-0.3, -0.25) is 4.90 Å². The largest absolute Gasteiger partial charge is 0.492 e. The third-order valence-electron chi connectivity index (χ3n) is 5.02. The molecule has 0 spiro atoms. The molecule has 2 aromatic rings. The van der Waals surface area contributed by atoms with Gasteiger partial charge in [-0.25, -0.2) is 0 Å². The van der Waals surface area contributed by atoms with Crippen LogP contribution in [0.2, 0.25) is 5.02 Å². The fraction of sp³-hybridized carbons (Fsp3) is 0.455. The molecule has 0 saturated carbocycles. The molecule has 3 rings (SSSR count). The number of likely N-dealkylation sites (N-methyl/N-ethyl adjacent to an activating group) is 1. The van der Waals surface area contributed by atoms with E-state index in [4.69, 9.17) is 21.1 Å². The summed E-state index contributed by atoms with van der Waals surface area (Å²) in [6.07, 6.45) is 1.10. The lowest BCUT2D eigenvalue weighted by Crippen LogP contribution is -2.44. The predicted molar refractivity (Wildman–Crippen MR) is 111 cm³/mol. The van der Waals surface area contributed by atoms with Crippen LogP contribution in [-0.4, -0.2) is 50.8 Å². The van der Waals surface area contributed by atoms with E-state index in [1.165, 1.54) is 5.56 Å². The standard InChI is InChI=1S/C22H29ClN2O2/c1-17(14-18-6-8-21(9-7-18)26-12-10-24-2)25-11-13-27-22(16-25)19-4-3-5-20(23)15-19/h3-9,15,17,22,24H,10-14,16H2,1-2H3. The molecule has 1 aliphatic rings. The van der Waals surface area contributed by atoms with E-state index in [0.717, 1.165) is 49.0 Å². The molecule has 27 heavy (non-hydrogen) atoms. The number of hydrogen-bond donors (Lipinski definition) is 1. The number of benzene rings is 2. The van der Waals surface area contributed by atoms with Crippen LogP contribution in [0.5, 0.6) is 5.75 Å². The molecule has 2 unspecified atom stereocenters. The highest BCUT2D eigenvalue weighted by atomic mass is 35.5. The Bertz CT molecular complexity index is 708. The van der Waals surface area contributed by atoms with E-state index in [2.05, 4.69) is 47.5 Å². The lowest BCUT2D eigenvalue weighted by atomic mass is 10.0. The van der Waals surface area contributed by atoms with Crippen LogP contribution in [0.3, 0.4) is 0 Å². The van der Waals surface area contributed by atoms with Crippen LogP contribution < -0.4 is 10.1 Å². The summed E-state index contributed by atoms with van der Waals surface area (Å²) in [6.45, 7) is 6.43. The number of rotatable bonds is 8. The maximum Gasteiger partial charge on any atom is 0.119 e. The molecule has 0 radical (unpaired) electrons. The monoisotopic (exact) mass is 388 g/mol. The van der Waals surface area contributed by atoms with Gasteiger partial charge in [0.2, 0.25) is 0 Å². The van der Waals surface area contributed by atoms with Crippen molar-refractivity contribution in [2.75, 3.05) is 39.9 Å². The van der Waals surface area contributed by atoms with Gasteiger partial charge in [0.25, 0.3) is 0 Å². The fourth-order valence-corrected chi connectivity index (χ4v) is 3.64. The van der Waals surface area contributed by atoms with Gasteiger partial charge in [0, 0.05) is 30.7 Å². The van der Waals surface area contributed by atoms with Crippen molar-refractivity contribution < 1.29 is 9.47 Å². The van der Waals surface area contributed by atoms with Crippen LogP contribution in [-0.2, 0) is 11.2 Å². The summed E-state index contributed by atoms with van der Waals surface area (Å²) in [5.41, 5.74) is 2.48. The third kappa shape index (κ3) is 5.94. The van der Waals surface area contributed by atoms with E-state index in [0.29, 0.717) is 12.6 Å². The molecule has 0 amide bonds. The first-order valence-electron chi connectivity index (χ1n) is 9.63. The second-order valence-electron chi connectivity index (χ2n) is 7.06. The van der Waals surface area contributed by atoms with Crippen molar-refractivity contribution in [2.45, 2.75) is 25.5 Å². The molecule has 2 atom stereocenters. The van der Waals surface area contributed by atoms with Gasteiger partial charge in [0.15, 0.2) is 0 Å². The van der Waals surface area contributed by atoms with Crippen molar-refractivity contribution in [1.29, 1.82) is 0 Å².